The normalized spacial score (nSPS) is 13.2. The van der Waals surface area contributed by atoms with E-state index < -0.39 is 29.4 Å². The predicted octanol–water partition coefficient (Wildman–Crippen LogP) is 1.94. The number of amides is 1. The minimum atomic E-state index is -4.62. The second kappa shape index (κ2) is 6.01. The highest BCUT2D eigenvalue weighted by Gasteiger charge is 2.36. The number of alkyl halides is 3. The van der Waals surface area contributed by atoms with Gasteiger partial charge in [-0.15, -0.1) is 0 Å². The van der Waals surface area contributed by atoms with Crippen molar-refractivity contribution in [3.63, 3.8) is 0 Å². The van der Waals surface area contributed by atoms with Crippen LogP contribution in [0, 0.1) is 0 Å². The molecule has 0 aliphatic rings. The molecular formula is C12H15F3N2O2. The molecule has 1 amide bonds. The SMILES string of the molecule is CC(O)CCN(C)C(=O)c1ncccc1C(F)(F)F. The molecular weight excluding hydrogens is 261 g/mol. The first-order valence-corrected chi connectivity index (χ1v) is 5.69. The molecule has 4 nitrogen and oxygen atoms in total. The molecule has 1 heterocycles. The quantitative estimate of drug-likeness (QED) is 0.914. The van der Waals surface area contributed by atoms with Crippen LogP contribution < -0.4 is 0 Å². The molecule has 1 atom stereocenters. The van der Waals surface area contributed by atoms with E-state index in [4.69, 9.17) is 5.11 Å². The van der Waals surface area contributed by atoms with Crippen molar-refractivity contribution >= 4 is 5.91 Å². The van der Waals surface area contributed by atoms with Crippen LogP contribution in [0.1, 0.15) is 29.4 Å². The van der Waals surface area contributed by atoms with Crippen molar-refractivity contribution in [2.75, 3.05) is 13.6 Å². The van der Waals surface area contributed by atoms with E-state index in [9.17, 15) is 18.0 Å². The maximum absolute atomic E-state index is 12.7. The number of pyridine rings is 1. The zero-order valence-corrected chi connectivity index (χ0v) is 10.6. The number of carbonyl (C=O) groups is 1. The second-order valence-corrected chi connectivity index (χ2v) is 4.26. The maximum atomic E-state index is 12.7. The third-order valence-electron chi connectivity index (χ3n) is 2.54. The molecule has 7 heteroatoms. The van der Waals surface area contributed by atoms with Crippen LogP contribution in [-0.4, -0.2) is 40.6 Å². The summed E-state index contributed by atoms with van der Waals surface area (Å²) in [7, 11) is 1.37. The molecule has 0 fully saturated rings. The van der Waals surface area contributed by atoms with Gasteiger partial charge in [-0.2, -0.15) is 13.2 Å². The van der Waals surface area contributed by atoms with Gasteiger partial charge in [-0.1, -0.05) is 0 Å². The summed E-state index contributed by atoms with van der Waals surface area (Å²) in [5, 5.41) is 9.10. The van der Waals surface area contributed by atoms with Gasteiger partial charge in [-0.3, -0.25) is 9.78 Å². The molecule has 19 heavy (non-hydrogen) atoms. The predicted molar refractivity (Wildman–Crippen MR) is 62.5 cm³/mol. The summed E-state index contributed by atoms with van der Waals surface area (Å²) in [6.45, 7) is 1.70. The molecule has 1 N–H and O–H groups in total. The molecule has 0 aromatic carbocycles. The van der Waals surface area contributed by atoms with Gasteiger partial charge in [-0.05, 0) is 25.5 Å². The fourth-order valence-electron chi connectivity index (χ4n) is 1.47. The van der Waals surface area contributed by atoms with Crippen LogP contribution in [0.3, 0.4) is 0 Å². The van der Waals surface area contributed by atoms with E-state index in [0.717, 1.165) is 23.2 Å². The molecule has 0 spiro atoms. The van der Waals surface area contributed by atoms with Crippen molar-refractivity contribution in [2.24, 2.45) is 0 Å². The summed E-state index contributed by atoms with van der Waals surface area (Å²) >= 11 is 0. The molecule has 1 unspecified atom stereocenters. The summed E-state index contributed by atoms with van der Waals surface area (Å²) in [5.74, 6) is -0.812. The Bertz CT molecular complexity index is 447. The number of aromatic nitrogens is 1. The zero-order chi connectivity index (χ0) is 14.6. The van der Waals surface area contributed by atoms with Gasteiger partial charge in [0.25, 0.3) is 5.91 Å². The fraction of sp³-hybridized carbons (Fsp3) is 0.500. The number of halogens is 3. The lowest BCUT2D eigenvalue weighted by Gasteiger charge is -2.19. The average Bonchev–Trinajstić information content (AvgIpc) is 2.34. The van der Waals surface area contributed by atoms with E-state index >= 15 is 0 Å². The Morgan fingerprint density at radius 2 is 2.16 bits per heavy atom. The Labute approximate surface area is 108 Å². The molecule has 0 radical (unpaired) electrons. The van der Waals surface area contributed by atoms with Crippen molar-refractivity contribution in [1.29, 1.82) is 0 Å². The summed E-state index contributed by atoms with van der Waals surface area (Å²) in [6, 6.07) is 1.96. The highest BCUT2D eigenvalue weighted by Crippen LogP contribution is 2.31. The minimum Gasteiger partial charge on any atom is -0.393 e. The third kappa shape index (κ3) is 4.20. The molecule has 1 aromatic rings. The Hall–Kier alpha value is -1.63. The summed E-state index contributed by atoms with van der Waals surface area (Å²) in [5.41, 5.74) is -1.67. The second-order valence-electron chi connectivity index (χ2n) is 4.26. The van der Waals surface area contributed by atoms with Crippen molar-refractivity contribution in [2.45, 2.75) is 25.6 Å². The van der Waals surface area contributed by atoms with Crippen LogP contribution in [0.5, 0.6) is 0 Å². The van der Waals surface area contributed by atoms with Gasteiger partial charge in [0.2, 0.25) is 0 Å². The van der Waals surface area contributed by atoms with Crippen molar-refractivity contribution in [3.05, 3.63) is 29.6 Å². The molecule has 1 aromatic heterocycles. The zero-order valence-electron chi connectivity index (χ0n) is 10.6. The molecule has 0 saturated heterocycles. The van der Waals surface area contributed by atoms with Crippen LogP contribution in [0.15, 0.2) is 18.3 Å². The first-order valence-electron chi connectivity index (χ1n) is 5.69. The molecule has 0 saturated carbocycles. The number of aliphatic hydroxyl groups is 1. The van der Waals surface area contributed by atoms with E-state index in [1.165, 1.54) is 7.05 Å². The fourth-order valence-corrected chi connectivity index (χ4v) is 1.47. The summed E-state index contributed by atoms with van der Waals surface area (Å²) in [6.07, 6.45) is -3.81. The minimum absolute atomic E-state index is 0.157. The Morgan fingerprint density at radius 1 is 1.53 bits per heavy atom. The van der Waals surface area contributed by atoms with E-state index in [1.807, 2.05) is 0 Å². The van der Waals surface area contributed by atoms with Crippen LogP contribution in [-0.2, 0) is 6.18 Å². The van der Waals surface area contributed by atoms with Crippen molar-refractivity contribution in [3.8, 4) is 0 Å². The van der Waals surface area contributed by atoms with Crippen LogP contribution in [0.4, 0.5) is 13.2 Å². The van der Waals surface area contributed by atoms with Crippen molar-refractivity contribution < 1.29 is 23.1 Å². The lowest BCUT2D eigenvalue weighted by molar-refractivity contribution is -0.138. The smallest absolute Gasteiger partial charge is 0.393 e. The number of rotatable bonds is 4. The number of hydrogen-bond acceptors (Lipinski definition) is 3. The van der Waals surface area contributed by atoms with Crippen LogP contribution in [0.2, 0.25) is 0 Å². The van der Waals surface area contributed by atoms with E-state index in [1.54, 1.807) is 6.92 Å². The van der Waals surface area contributed by atoms with E-state index in [2.05, 4.69) is 4.98 Å². The van der Waals surface area contributed by atoms with Crippen molar-refractivity contribution in [1.82, 2.24) is 9.88 Å². The molecule has 0 aliphatic heterocycles. The average molecular weight is 276 g/mol. The number of carbonyl (C=O) groups excluding carboxylic acids is 1. The van der Waals surface area contributed by atoms with Crippen LogP contribution in [0.25, 0.3) is 0 Å². The van der Waals surface area contributed by atoms with Gasteiger partial charge < -0.3 is 10.0 Å². The first kappa shape index (κ1) is 15.4. The number of hydrogen-bond donors (Lipinski definition) is 1. The van der Waals surface area contributed by atoms with E-state index in [0.29, 0.717) is 0 Å². The molecule has 1 rings (SSSR count). The van der Waals surface area contributed by atoms with Gasteiger partial charge in [-0.25, -0.2) is 0 Å². The van der Waals surface area contributed by atoms with Gasteiger partial charge in [0.05, 0.1) is 11.7 Å². The summed E-state index contributed by atoms with van der Waals surface area (Å²) < 4.78 is 38.2. The highest BCUT2D eigenvalue weighted by molar-refractivity contribution is 5.93. The molecule has 0 bridgehead atoms. The number of nitrogens with zero attached hydrogens (tertiary/aromatic N) is 2. The third-order valence-corrected chi connectivity index (χ3v) is 2.54. The van der Waals surface area contributed by atoms with Gasteiger partial charge in [0.1, 0.15) is 5.69 Å². The Kier molecular flexibility index (Phi) is 4.88. The first-order chi connectivity index (χ1) is 8.73. The lowest BCUT2D eigenvalue weighted by Crippen LogP contribution is -2.31. The highest BCUT2D eigenvalue weighted by atomic mass is 19.4. The topological polar surface area (TPSA) is 53.4 Å². The molecule has 0 aliphatic carbocycles. The lowest BCUT2D eigenvalue weighted by atomic mass is 10.1. The molecule has 106 valence electrons. The van der Waals surface area contributed by atoms with Crippen LogP contribution >= 0.6 is 0 Å². The Balaban J connectivity index is 2.94. The maximum Gasteiger partial charge on any atom is 0.418 e. The Morgan fingerprint density at radius 3 is 2.68 bits per heavy atom. The number of aliphatic hydroxyl groups excluding tert-OH is 1. The standard InChI is InChI=1S/C12H15F3N2O2/c1-8(18)5-7-17(2)11(19)10-9(12(13,14)15)4-3-6-16-10/h3-4,6,8,18H,5,7H2,1-2H3. The summed E-state index contributed by atoms with van der Waals surface area (Å²) in [4.78, 5) is 16.5. The van der Waals surface area contributed by atoms with Gasteiger partial charge in [0.15, 0.2) is 0 Å². The largest absolute Gasteiger partial charge is 0.418 e. The van der Waals surface area contributed by atoms with Gasteiger partial charge >= 0.3 is 6.18 Å². The van der Waals surface area contributed by atoms with E-state index in [-0.39, 0.29) is 13.0 Å². The monoisotopic (exact) mass is 276 g/mol. The van der Waals surface area contributed by atoms with Gasteiger partial charge in [0, 0.05) is 19.8 Å².